The Kier molecular flexibility index (Phi) is 3.65. The van der Waals surface area contributed by atoms with Gasteiger partial charge in [0.25, 0.3) is 0 Å². The molecule has 1 unspecified atom stereocenters. The van der Waals surface area contributed by atoms with Crippen LogP contribution in [-0.4, -0.2) is 42.1 Å². The number of hydrogen-bond donors (Lipinski definition) is 0. The molecule has 92 valence electrons. The molecule has 1 saturated heterocycles. The smallest absolute Gasteiger partial charge is 0.185 e. The van der Waals surface area contributed by atoms with Crippen LogP contribution in [0.15, 0.2) is 0 Å². The standard InChI is InChI=1S/C12H18N4S/c1-9(8-13)15-4-6-16(7-5-15)12-14-10(2)11(3)17-12/h9H,4-7H2,1-3H3. The maximum atomic E-state index is 8.89. The molecule has 0 aliphatic carbocycles. The van der Waals surface area contributed by atoms with E-state index in [0.29, 0.717) is 0 Å². The lowest BCUT2D eigenvalue weighted by Crippen LogP contribution is -2.49. The average molecular weight is 250 g/mol. The van der Waals surface area contributed by atoms with Gasteiger partial charge in [-0.3, -0.25) is 4.90 Å². The number of nitrogens with zero attached hydrogens (tertiary/aromatic N) is 4. The first-order valence-electron chi connectivity index (χ1n) is 5.94. The van der Waals surface area contributed by atoms with Gasteiger partial charge in [-0.05, 0) is 20.8 Å². The van der Waals surface area contributed by atoms with Gasteiger partial charge in [-0.15, -0.1) is 11.3 Å². The van der Waals surface area contributed by atoms with Gasteiger partial charge in [0.05, 0.1) is 17.8 Å². The minimum absolute atomic E-state index is 0.0249. The molecular weight excluding hydrogens is 232 g/mol. The molecule has 1 aliphatic rings. The van der Waals surface area contributed by atoms with Gasteiger partial charge in [0.15, 0.2) is 5.13 Å². The van der Waals surface area contributed by atoms with E-state index >= 15 is 0 Å². The Bertz CT molecular complexity index is 407. The maximum absolute atomic E-state index is 8.89. The minimum Gasteiger partial charge on any atom is -0.346 e. The summed E-state index contributed by atoms with van der Waals surface area (Å²) >= 11 is 1.77. The Hall–Kier alpha value is -1.12. The quantitative estimate of drug-likeness (QED) is 0.802. The van der Waals surface area contributed by atoms with E-state index in [1.54, 1.807) is 11.3 Å². The van der Waals surface area contributed by atoms with Crippen molar-refractivity contribution < 1.29 is 0 Å². The van der Waals surface area contributed by atoms with E-state index in [1.165, 1.54) is 4.88 Å². The summed E-state index contributed by atoms with van der Waals surface area (Å²) in [5.41, 5.74) is 1.14. The SMILES string of the molecule is Cc1nc(N2CCN(C(C)C#N)CC2)sc1C. The number of hydrogen-bond acceptors (Lipinski definition) is 5. The van der Waals surface area contributed by atoms with Crippen molar-refractivity contribution in [2.45, 2.75) is 26.8 Å². The summed E-state index contributed by atoms with van der Waals surface area (Å²) in [6, 6.07) is 2.32. The summed E-state index contributed by atoms with van der Waals surface area (Å²) in [5.74, 6) is 0. The first-order chi connectivity index (χ1) is 8.11. The van der Waals surface area contributed by atoms with Crippen LogP contribution in [-0.2, 0) is 0 Å². The van der Waals surface area contributed by atoms with Crippen molar-refractivity contribution in [3.05, 3.63) is 10.6 Å². The van der Waals surface area contributed by atoms with Crippen LogP contribution in [0.1, 0.15) is 17.5 Å². The predicted molar refractivity (Wildman–Crippen MR) is 70.4 cm³/mol. The summed E-state index contributed by atoms with van der Waals surface area (Å²) in [6.07, 6.45) is 0. The van der Waals surface area contributed by atoms with Crippen LogP contribution in [0.2, 0.25) is 0 Å². The number of aryl methyl sites for hydroxylation is 2. The summed E-state index contributed by atoms with van der Waals surface area (Å²) in [5, 5.41) is 10.0. The maximum Gasteiger partial charge on any atom is 0.185 e. The number of aromatic nitrogens is 1. The van der Waals surface area contributed by atoms with E-state index < -0.39 is 0 Å². The molecule has 1 aromatic rings. The molecule has 2 rings (SSSR count). The van der Waals surface area contributed by atoms with Crippen LogP contribution in [0.4, 0.5) is 5.13 Å². The van der Waals surface area contributed by atoms with Crippen LogP contribution >= 0.6 is 11.3 Å². The van der Waals surface area contributed by atoms with Crippen LogP contribution in [0.5, 0.6) is 0 Å². The zero-order valence-electron chi connectivity index (χ0n) is 10.6. The first-order valence-corrected chi connectivity index (χ1v) is 6.76. The molecule has 0 N–H and O–H groups in total. The van der Waals surface area contributed by atoms with Crippen molar-refractivity contribution in [3.8, 4) is 6.07 Å². The van der Waals surface area contributed by atoms with Crippen molar-refractivity contribution in [1.29, 1.82) is 5.26 Å². The Morgan fingerprint density at radius 1 is 1.29 bits per heavy atom. The van der Waals surface area contributed by atoms with E-state index in [4.69, 9.17) is 5.26 Å². The summed E-state index contributed by atoms with van der Waals surface area (Å²) in [4.78, 5) is 10.4. The Morgan fingerprint density at radius 2 is 1.94 bits per heavy atom. The second kappa shape index (κ2) is 5.03. The highest BCUT2D eigenvalue weighted by Crippen LogP contribution is 2.26. The highest BCUT2D eigenvalue weighted by atomic mass is 32.1. The fourth-order valence-corrected chi connectivity index (χ4v) is 2.93. The van der Waals surface area contributed by atoms with Crippen LogP contribution in [0, 0.1) is 25.2 Å². The molecule has 1 fully saturated rings. The monoisotopic (exact) mass is 250 g/mol. The van der Waals surface area contributed by atoms with Gasteiger partial charge in [-0.2, -0.15) is 5.26 Å². The molecule has 0 radical (unpaired) electrons. The zero-order chi connectivity index (χ0) is 12.4. The molecule has 1 atom stereocenters. The van der Waals surface area contributed by atoms with E-state index in [-0.39, 0.29) is 6.04 Å². The number of piperazine rings is 1. The van der Waals surface area contributed by atoms with E-state index in [9.17, 15) is 0 Å². The lowest BCUT2D eigenvalue weighted by atomic mass is 10.2. The largest absolute Gasteiger partial charge is 0.346 e. The topological polar surface area (TPSA) is 43.2 Å². The van der Waals surface area contributed by atoms with E-state index in [0.717, 1.165) is 37.0 Å². The lowest BCUT2D eigenvalue weighted by molar-refractivity contribution is 0.231. The van der Waals surface area contributed by atoms with Gasteiger partial charge in [0, 0.05) is 31.1 Å². The van der Waals surface area contributed by atoms with E-state index in [2.05, 4.69) is 34.7 Å². The highest BCUT2D eigenvalue weighted by molar-refractivity contribution is 7.15. The summed E-state index contributed by atoms with van der Waals surface area (Å²) in [6.45, 7) is 9.98. The summed E-state index contributed by atoms with van der Waals surface area (Å²) < 4.78 is 0. The second-order valence-electron chi connectivity index (χ2n) is 4.47. The number of nitriles is 1. The molecule has 0 spiro atoms. The Morgan fingerprint density at radius 3 is 2.41 bits per heavy atom. The molecule has 0 saturated carbocycles. The van der Waals surface area contributed by atoms with Gasteiger partial charge in [-0.1, -0.05) is 0 Å². The molecule has 2 heterocycles. The third kappa shape index (κ3) is 2.59. The number of rotatable bonds is 2. The fraction of sp³-hybridized carbons (Fsp3) is 0.667. The predicted octanol–water partition coefficient (Wildman–Crippen LogP) is 1.79. The molecule has 1 aromatic heterocycles. The first kappa shape index (κ1) is 12.3. The molecule has 17 heavy (non-hydrogen) atoms. The third-order valence-electron chi connectivity index (χ3n) is 3.34. The van der Waals surface area contributed by atoms with Crippen molar-refractivity contribution in [3.63, 3.8) is 0 Å². The van der Waals surface area contributed by atoms with Gasteiger partial charge in [0.1, 0.15) is 0 Å². The van der Waals surface area contributed by atoms with Crippen LogP contribution < -0.4 is 4.90 Å². The van der Waals surface area contributed by atoms with E-state index in [1.807, 2.05) is 6.92 Å². The fourth-order valence-electron chi connectivity index (χ4n) is 1.97. The molecule has 1 aliphatic heterocycles. The van der Waals surface area contributed by atoms with Gasteiger partial charge in [-0.25, -0.2) is 4.98 Å². The summed E-state index contributed by atoms with van der Waals surface area (Å²) in [7, 11) is 0. The molecule has 4 nitrogen and oxygen atoms in total. The number of thiazole rings is 1. The van der Waals surface area contributed by atoms with Crippen molar-refractivity contribution >= 4 is 16.5 Å². The lowest BCUT2D eigenvalue weighted by Gasteiger charge is -2.35. The molecule has 0 amide bonds. The molecule has 0 aromatic carbocycles. The Labute approximate surface area is 106 Å². The number of anilines is 1. The van der Waals surface area contributed by atoms with Gasteiger partial charge >= 0.3 is 0 Å². The van der Waals surface area contributed by atoms with Crippen molar-refractivity contribution in [2.24, 2.45) is 0 Å². The molecule has 5 heteroatoms. The molecule has 0 bridgehead atoms. The second-order valence-corrected chi connectivity index (χ2v) is 5.65. The van der Waals surface area contributed by atoms with Crippen LogP contribution in [0.3, 0.4) is 0 Å². The van der Waals surface area contributed by atoms with Gasteiger partial charge in [0.2, 0.25) is 0 Å². The Balaban J connectivity index is 1.98. The van der Waals surface area contributed by atoms with Crippen LogP contribution in [0.25, 0.3) is 0 Å². The highest BCUT2D eigenvalue weighted by Gasteiger charge is 2.22. The van der Waals surface area contributed by atoms with Crippen molar-refractivity contribution in [1.82, 2.24) is 9.88 Å². The minimum atomic E-state index is 0.0249. The van der Waals surface area contributed by atoms with Crippen molar-refractivity contribution in [2.75, 3.05) is 31.1 Å². The van der Waals surface area contributed by atoms with Gasteiger partial charge < -0.3 is 4.90 Å². The zero-order valence-corrected chi connectivity index (χ0v) is 11.4. The normalized spacial score (nSPS) is 19.1. The third-order valence-corrected chi connectivity index (χ3v) is 4.47. The molecular formula is C12H18N4S. The average Bonchev–Trinajstić information content (AvgIpc) is 2.69.